The molecule has 1 atom stereocenters. The van der Waals surface area contributed by atoms with Crippen LogP contribution >= 0.6 is 52.1 Å². The van der Waals surface area contributed by atoms with Gasteiger partial charge in [0.15, 0.2) is 0 Å². The maximum absolute atomic E-state index is 8.94. The summed E-state index contributed by atoms with van der Waals surface area (Å²) in [5, 5.41) is 14.4. The molecule has 0 spiro atoms. The van der Waals surface area contributed by atoms with E-state index in [1.165, 1.54) is 4.88 Å². The molecule has 1 saturated heterocycles. The van der Waals surface area contributed by atoms with Crippen LogP contribution < -0.4 is 5.32 Å². The third-order valence-corrected chi connectivity index (χ3v) is 4.59. The minimum Gasteiger partial charge on any atom is -0.314 e. The van der Waals surface area contributed by atoms with Crippen molar-refractivity contribution in [1.29, 1.82) is 5.26 Å². The van der Waals surface area contributed by atoms with E-state index >= 15 is 0 Å². The SMILES string of the molecule is Cl.Cl.N#CC[C@H](c1cc(Br)cs1)N1CCNCC1. The van der Waals surface area contributed by atoms with E-state index in [-0.39, 0.29) is 30.9 Å². The molecule has 1 aliphatic heterocycles. The highest BCUT2D eigenvalue weighted by Gasteiger charge is 2.23. The van der Waals surface area contributed by atoms with Gasteiger partial charge in [-0.1, -0.05) is 0 Å². The van der Waals surface area contributed by atoms with Gasteiger partial charge >= 0.3 is 0 Å². The number of nitrogens with zero attached hydrogens (tertiary/aromatic N) is 2. The molecule has 2 rings (SSSR count). The maximum atomic E-state index is 8.94. The van der Waals surface area contributed by atoms with Gasteiger partial charge < -0.3 is 5.32 Å². The zero-order valence-corrected chi connectivity index (χ0v) is 13.8. The first-order valence-corrected chi connectivity index (χ1v) is 7.04. The Hall–Kier alpha value is 0.170. The van der Waals surface area contributed by atoms with Crippen LogP contribution in [0.4, 0.5) is 0 Å². The van der Waals surface area contributed by atoms with Crippen molar-refractivity contribution in [3.63, 3.8) is 0 Å². The molecule has 0 radical (unpaired) electrons. The lowest BCUT2D eigenvalue weighted by Gasteiger charge is -2.33. The number of piperazine rings is 1. The van der Waals surface area contributed by atoms with Crippen molar-refractivity contribution in [3.05, 3.63) is 20.8 Å². The molecule has 1 aromatic rings. The largest absolute Gasteiger partial charge is 0.314 e. The number of nitrogens with one attached hydrogen (secondary N) is 1. The Bertz CT molecular complexity index is 388. The van der Waals surface area contributed by atoms with Crippen LogP contribution in [0.2, 0.25) is 0 Å². The summed E-state index contributed by atoms with van der Waals surface area (Å²) < 4.78 is 1.12. The Morgan fingerprint density at radius 3 is 2.61 bits per heavy atom. The third-order valence-electron chi connectivity index (χ3n) is 2.79. The molecule has 0 aliphatic carbocycles. The number of nitriles is 1. The van der Waals surface area contributed by atoms with E-state index in [1.807, 2.05) is 0 Å². The van der Waals surface area contributed by atoms with Crippen LogP contribution in [0.5, 0.6) is 0 Å². The average Bonchev–Trinajstić information content (AvgIpc) is 2.74. The number of hydrogen-bond acceptors (Lipinski definition) is 4. The topological polar surface area (TPSA) is 39.1 Å². The molecular weight excluding hydrogens is 357 g/mol. The Labute approximate surface area is 132 Å². The summed E-state index contributed by atoms with van der Waals surface area (Å²) in [6, 6.07) is 4.70. The molecule has 3 nitrogen and oxygen atoms in total. The number of halogens is 3. The highest BCUT2D eigenvalue weighted by molar-refractivity contribution is 9.10. The van der Waals surface area contributed by atoms with Gasteiger partial charge in [-0.15, -0.1) is 36.2 Å². The Morgan fingerprint density at radius 1 is 1.44 bits per heavy atom. The molecule has 0 unspecified atom stereocenters. The zero-order chi connectivity index (χ0) is 11.4. The molecule has 0 aromatic carbocycles. The van der Waals surface area contributed by atoms with Crippen LogP contribution in [0.15, 0.2) is 15.9 Å². The second-order valence-corrected chi connectivity index (χ2v) is 5.69. The summed E-state index contributed by atoms with van der Waals surface area (Å²) in [6.45, 7) is 4.10. The van der Waals surface area contributed by atoms with E-state index in [0.717, 1.165) is 30.7 Å². The van der Waals surface area contributed by atoms with E-state index in [9.17, 15) is 0 Å². The van der Waals surface area contributed by atoms with Crippen molar-refractivity contribution in [2.75, 3.05) is 26.2 Å². The van der Waals surface area contributed by atoms with E-state index < -0.39 is 0 Å². The summed E-state index contributed by atoms with van der Waals surface area (Å²) in [5.74, 6) is 0. The minimum atomic E-state index is 0. The minimum absolute atomic E-state index is 0. The molecular formula is C11H16BrCl2N3S. The zero-order valence-electron chi connectivity index (χ0n) is 9.76. The molecule has 1 fully saturated rings. The number of rotatable bonds is 3. The first-order chi connectivity index (χ1) is 7.81. The molecule has 2 heterocycles. The van der Waals surface area contributed by atoms with Crippen molar-refractivity contribution >= 4 is 52.1 Å². The van der Waals surface area contributed by atoms with Crippen molar-refractivity contribution < 1.29 is 0 Å². The van der Waals surface area contributed by atoms with Gasteiger partial charge in [-0.3, -0.25) is 4.90 Å². The van der Waals surface area contributed by atoms with E-state index in [0.29, 0.717) is 6.42 Å². The Kier molecular flexibility index (Phi) is 9.22. The summed E-state index contributed by atoms with van der Waals surface area (Å²) in [6.07, 6.45) is 0.576. The molecule has 102 valence electrons. The summed E-state index contributed by atoms with van der Waals surface area (Å²) in [5.41, 5.74) is 0. The fourth-order valence-electron chi connectivity index (χ4n) is 1.99. The van der Waals surface area contributed by atoms with Crippen LogP contribution in [0, 0.1) is 11.3 Å². The second-order valence-electron chi connectivity index (χ2n) is 3.83. The van der Waals surface area contributed by atoms with Crippen molar-refractivity contribution in [3.8, 4) is 6.07 Å². The van der Waals surface area contributed by atoms with Gasteiger partial charge in [0.1, 0.15) is 0 Å². The van der Waals surface area contributed by atoms with Gasteiger partial charge in [-0.2, -0.15) is 5.26 Å². The normalized spacial score (nSPS) is 17.1. The van der Waals surface area contributed by atoms with Gasteiger partial charge in [-0.25, -0.2) is 0 Å². The molecule has 1 aliphatic rings. The number of thiophene rings is 1. The molecule has 0 amide bonds. The number of hydrogen-bond donors (Lipinski definition) is 1. The van der Waals surface area contributed by atoms with E-state index in [1.54, 1.807) is 11.3 Å². The molecule has 1 aromatic heterocycles. The molecule has 18 heavy (non-hydrogen) atoms. The van der Waals surface area contributed by atoms with Gasteiger partial charge in [0.05, 0.1) is 18.5 Å². The average molecular weight is 373 g/mol. The van der Waals surface area contributed by atoms with E-state index in [4.69, 9.17) is 5.26 Å². The Morgan fingerprint density at radius 2 is 2.11 bits per heavy atom. The van der Waals surface area contributed by atoms with E-state index in [2.05, 4.69) is 43.7 Å². The lowest BCUT2D eigenvalue weighted by atomic mass is 10.1. The smallest absolute Gasteiger partial charge is 0.0642 e. The monoisotopic (exact) mass is 371 g/mol. The molecule has 1 N–H and O–H groups in total. The van der Waals surface area contributed by atoms with Gasteiger partial charge in [-0.05, 0) is 22.0 Å². The second kappa shape index (κ2) is 9.13. The predicted molar refractivity (Wildman–Crippen MR) is 83.9 cm³/mol. The summed E-state index contributed by atoms with van der Waals surface area (Å²) >= 11 is 5.20. The van der Waals surface area contributed by atoms with Crippen LogP contribution in [-0.4, -0.2) is 31.1 Å². The van der Waals surface area contributed by atoms with Crippen molar-refractivity contribution in [1.82, 2.24) is 10.2 Å². The maximum Gasteiger partial charge on any atom is 0.0642 e. The van der Waals surface area contributed by atoms with Gasteiger partial charge in [0, 0.05) is 40.9 Å². The van der Waals surface area contributed by atoms with Crippen LogP contribution in [0.1, 0.15) is 17.3 Å². The van der Waals surface area contributed by atoms with Crippen LogP contribution in [0.25, 0.3) is 0 Å². The van der Waals surface area contributed by atoms with Crippen LogP contribution in [0.3, 0.4) is 0 Å². The van der Waals surface area contributed by atoms with Crippen molar-refractivity contribution in [2.24, 2.45) is 0 Å². The lowest BCUT2D eigenvalue weighted by Crippen LogP contribution is -2.44. The molecule has 0 saturated carbocycles. The first kappa shape index (κ1) is 18.2. The molecule has 7 heteroatoms. The van der Waals surface area contributed by atoms with Gasteiger partial charge in [0.2, 0.25) is 0 Å². The Balaban J connectivity index is 0.00000144. The standard InChI is InChI=1S/C11H14BrN3S.2ClH/c12-9-7-11(16-8-9)10(1-2-13)15-5-3-14-4-6-15;;/h7-8,10,14H,1,3-6H2;2*1H/t10-;;/m1../s1. The predicted octanol–water partition coefficient (Wildman–Crippen LogP) is 3.21. The fourth-order valence-corrected chi connectivity index (χ4v) is 3.57. The van der Waals surface area contributed by atoms with Crippen LogP contribution in [-0.2, 0) is 0 Å². The quantitative estimate of drug-likeness (QED) is 0.885. The summed E-state index contributed by atoms with van der Waals surface area (Å²) in [4.78, 5) is 3.69. The lowest BCUT2D eigenvalue weighted by molar-refractivity contribution is 0.178. The van der Waals surface area contributed by atoms with Crippen molar-refractivity contribution in [2.45, 2.75) is 12.5 Å². The molecule has 0 bridgehead atoms. The fraction of sp³-hybridized carbons (Fsp3) is 0.545. The first-order valence-electron chi connectivity index (χ1n) is 5.37. The highest BCUT2D eigenvalue weighted by Crippen LogP contribution is 2.31. The highest BCUT2D eigenvalue weighted by atomic mass is 79.9. The third kappa shape index (κ3) is 4.69. The summed E-state index contributed by atoms with van der Waals surface area (Å²) in [7, 11) is 0. The van der Waals surface area contributed by atoms with Gasteiger partial charge in [0.25, 0.3) is 0 Å².